The number of benzene rings is 1. The lowest BCUT2D eigenvalue weighted by Gasteiger charge is -2.30. The van der Waals surface area contributed by atoms with E-state index in [1.54, 1.807) is 23.1 Å². The van der Waals surface area contributed by atoms with Crippen LogP contribution >= 0.6 is 0 Å². The van der Waals surface area contributed by atoms with E-state index in [0.29, 0.717) is 56.3 Å². The Bertz CT molecular complexity index is 612. The maximum absolute atomic E-state index is 12.4. The van der Waals surface area contributed by atoms with Crippen molar-refractivity contribution in [2.45, 2.75) is 39.5 Å². The molecule has 7 nitrogen and oxygen atoms in total. The van der Waals surface area contributed by atoms with Crippen LogP contribution in [0.4, 0.5) is 10.5 Å². The van der Waals surface area contributed by atoms with Crippen molar-refractivity contribution in [3.8, 4) is 11.5 Å². The highest BCUT2D eigenvalue weighted by Crippen LogP contribution is 2.31. The Balaban J connectivity index is 1.99. The first-order chi connectivity index (χ1) is 12.5. The smallest absolute Gasteiger partial charge is 0.321 e. The maximum atomic E-state index is 12.4. The molecule has 0 spiro atoms. The summed E-state index contributed by atoms with van der Waals surface area (Å²) in [6.45, 7) is 6.13. The summed E-state index contributed by atoms with van der Waals surface area (Å²) in [6.07, 6.45) is 2.75. The Morgan fingerprint density at radius 2 is 1.73 bits per heavy atom. The van der Waals surface area contributed by atoms with Crippen molar-refractivity contribution in [2.24, 2.45) is 5.92 Å². The summed E-state index contributed by atoms with van der Waals surface area (Å²) in [7, 11) is 0. The number of rotatable bonds is 8. The summed E-state index contributed by atoms with van der Waals surface area (Å²) < 4.78 is 11.4. The molecule has 0 atom stereocenters. The van der Waals surface area contributed by atoms with Gasteiger partial charge in [0.2, 0.25) is 0 Å². The highest BCUT2D eigenvalue weighted by molar-refractivity contribution is 5.90. The predicted molar refractivity (Wildman–Crippen MR) is 99.0 cm³/mol. The van der Waals surface area contributed by atoms with Gasteiger partial charge in [-0.25, -0.2) is 4.79 Å². The van der Waals surface area contributed by atoms with Crippen molar-refractivity contribution in [2.75, 3.05) is 31.6 Å². The number of nitrogens with zero attached hydrogens (tertiary/aromatic N) is 1. The molecule has 1 heterocycles. The van der Waals surface area contributed by atoms with Gasteiger partial charge in [0.05, 0.1) is 19.1 Å². The molecular formula is C19H28N2O5. The second kappa shape index (κ2) is 9.89. The average molecular weight is 364 g/mol. The number of carbonyl (C=O) groups is 2. The normalized spacial score (nSPS) is 14.8. The van der Waals surface area contributed by atoms with Gasteiger partial charge in [-0.3, -0.25) is 4.79 Å². The van der Waals surface area contributed by atoms with Crippen molar-refractivity contribution in [1.82, 2.24) is 4.90 Å². The van der Waals surface area contributed by atoms with Crippen LogP contribution in [0.2, 0.25) is 0 Å². The monoisotopic (exact) mass is 364 g/mol. The van der Waals surface area contributed by atoms with E-state index < -0.39 is 5.97 Å². The number of ether oxygens (including phenoxy) is 2. The van der Waals surface area contributed by atoms with Crippen LogP contribution in [0, 0.1) is 5.92 Å². The summed E-state index contributed by atoms with van der Waals surface area (Å²) >= 11 is 0. The lowest BCUT2D eigenvalue weighted by Crippen LogP contribution is -2.42. The van der Waals surface area contributed by atoms with Crippen molar-refractivity contribution in [3.63, 3.8) is 0 Å². The molecule has 1 fully saturated rings. The number of hydrogen-bond donors (Lipinski definition) is 2. The van der Waals surface area contributed by atoms with E-state index in [1.165, 1.54) is 0 Å². The molecule has 7 heteroatoms. The molecule has 1 aromatic rings. The summed E-state index contributed by atoms with van der Waals surface area (Å²) in [6, 6.07) is 5.12. The Labute approximate surface area is 154 Å². The molecule has 2 rings (SSSR count). The van der Waals surface area contributed by atoms with Crippen LogP contribution in [-0.4, -0.2) is 48.3 Å². The van der Waals surface area contributed by atoms with Crippen molar-refractivity contribution >= 4 is 17.7 Å². The van der Waals surface area contributed by atoms with Crippen LogP contribution in [-0.2, 0) is 4.79 Å². The number of carbonyl (C=O) groups excluding carboxylic acids is 1. The van der Waals surface area contributed by atoms with Gasteiger partial charge in [0.25, 0.3) is 0 Å². The summed E-state index contributed by atoms with van der Waals surface area (Å²) in [5.41, 5.74) is 0.630. The molecule has 144 valence electrons. The standard InChI is InChI=1S/C19H28N2O5/c1-3-11-25-16-6-5-15(13-17(16)26-12-4-2)20-19(24)21-9-7-14(8-10-21)18(22)23/h5-6,13-14H,3-4,7-12H2,1-2H3,(H,20,24)(H,22,23). The van der Waals surface area contributed by atoms with Crippen LogP contribution < -0.4 is 14.8 Å². The molecule has 0 bridgehead atoms. The molecule has 0 saturated carbocycles. The highest BCUT2D eigenvalue weighted by Gasteiger charge is 2.27. The van der Waals surface area contributed by atoms with Crippen LogP contribution in [0.25, 0.3) is 0 Å². The van der Waals surface area contributed by atoms with Crippen LogP contribution in [0.3, 0.4) is 0 Å². The molecule has 1 aromatic carbocycles. The van der Waals surface area contributed by atoms with Crippen LogP contribution in [0.1, 0.15) is 39.5 Å². The molecule has 0 radical (unpaired) electrons. The number of amides is 2. The third-order valence-electron chi connectivity index (χ3n) is 4.25. The largest absolute Gasteiger partial charge is 0.490 e. The molecule has 0 aliphatic carbocycles. The number of anilines is 1. The van der Waals surface area contributed by atoms with E-state index in [4.69, 9.17) is 14.6 Å². The molecule has 1 saturated heterocycles. The maximum Gasteiger partial charge on any atom is 0.321 e. The summed E-state index contributed by atoms with van der Waals surface area (Å²) in [5, 5.41) is 11.9. The van der Waals surface area contributed by atoms with Crippen LogP contribution in [0.15, 0.2) is 18.2 Å². The first-order valence-corrected chi connectivity index (χ1v) is 9.23. The van der Waals surface area contributed by atoms with E-state index >= 15 is 0 Å². The molecule has 26 heavy (non-hydrogen) atoms. The van der Waals surface area contributed by atoms with E-state index in [0.717, 1.165) is 12.8 Å². The summed E-state index contributed by atoms with van der Waals surface area (Å²) in [5.74, 6) is 0.136. The number of carboxylic acids is 1. The topological polar surface area (TPSA) is 88.1 Å². The molecule has 1 aliphatic rings. The van der Waals surface area contributed by atoms with Gasteiger partial charge < -0.3 is 24.8 Å². The number of nitrogens with one attached hydrogen (secondary N) is 1. The molecule has 2 amide bonds. The van der Waals surface area contributed by atoms with Crippen molar-refractivity contribution < 1.29 is 24.2 Å². The van der Waals surface area contributed by atoms with Crippen molar-refractivity contribution in [1.29, 1.82) is 0 Å². The number of likely N-dealkylation sites (tertiary alicyclic amines) is 1. The second-order valence-electron chi connectivity index (χ2n) is 6.39. The minimum Gasteiger partial charge on any atom is -0.490 e. The molecular weight excluding hydrogens is 336 g/mol. The van der Waals surface area contributed by atoms with E-state index in [-0.39, 0.29) is 11.9 Å². The van der Waals surface area contributed by atoms with Gasteiger partial charge in [-0.05, 0) is 37.8 Å². The second-order valence-corrected chi connectivity index (χ2v) is 6.39. The highest BCUT2D eigenvalue weighted by atomic mass is 16.5. The number of piperidine rings is 1. The zero-order chi connectivity index (χ0) is 18.9. The lowest BCUT2D eigenvalue weighted by molar-refractivity contribution is -0.143. The quantitative estimate of drug-likeness (QED) is 0.736. The van der Waals surface area contributed by atoms with Gasteiger partial charge in [-0.15, -0.1) is 0 Å². The lowest BCUT2D eigenvalue weighted by atomic mass is 9.97. The number of aliphatic carboxylic acids is 1. The fourth-order valence-corrected chi connectivity index (χ4v) is 2.77. The minimum absolute atomic E-state index is 0.225. The molecule has 0 aromatic heterocycles. The Morgan fingerprint density at radius 3 is 2.31 bits per heavy atom. The van der Waals surface area contributed by atoms with Gasteiger partial charge in [0.15, 0.2) is 11.5 Å². The van der Waals surface area contributed by atoms with Gasteiger partial charge in [-0.1, -0.05) is 13.8 Å². The fraction of sp³-hybridized carbons (Fsp3) is 0.579. The summed E-state index contributed by atoms with van der Waals surface area (Å²) in [4.78, 5) is 25.1. The Morgan fingerprint density at radius 1 is 1.12 bits per heavy atom. The fourth-order valence-electron chi connectivity index (χ4n) is 2.77. The number of urea groups is 1. The molecule has 1 aliphatic heterocycles. The average Bonchev–Trinajstić information content (AvgIpc) is 2.65. The van der Waals surface area contributed by atoms with Gasteiger partial charge in [0.1, 0.15) is 0 Å². The van der Waals surface area contributed by atoms with E-state index in [1.807, 2.05) is 13.8 Å². The zero-order valence-electron chi connectivity index (χ0n) is 15.5. The Hall–Kier alpha value is -2.44. The van der Waals surface area contributed by atoms with Gasteiger partial charge in [-0.2, -0.15) is 0 Å². The van der Waals surface area contributed by atoms with Crippen LogP contribution in [0.5, 0.6) is 11.5 Å². The SMILES string of the molecule is CCCOc1ccc(NC(=O)N2CCC(C(=O)O)CC2)cc1OCCC. The third kappa shape index (κ3) is 5.54. The zero-order valence-corrected chi connectivity index (χ0v) is 15.5. The van der Waals surface area contributed by atoms with Gasteiger partial charge >= 0.3 is 12.0 Å². The van der Waals surface area contributed by atoms with Gasteiger partial charge in [0, 0.05) is 24.8 Å². The minimum atomic E-state index is -0.787. The predicted octanol–water partition coefficient (Wildman–Crippen LogP) is 3.59. The molecule has 2 N–H and O–H groups in total. The number of hydrogen-bond acceptors (Lipinski definition) is 4. The molecule has 0 unspecified atom stereocenters. The van der Waals surface area contributed by atoms with E-state index in [2.05, 4.69) is 5.32 Å². The number of carboxylic acid groups (broad SMARTS) is 1. The Kier molecular flexibility index (Phi) is 7.56. The van der Waals surface area contributed by atoms with E-state index in [9.17, 15) is 9.59 Å². The third-order valence-corrected chi connectivity index (χ3v) is 4.25. The first-order valence-electron chi connectivity index (χ1n) is 9.23. The van der Waals surface area contributed by atoms with Crippen molar-refractivity contribution in [3.05, 3.63) is 18.2 Å². The first kappa shape index (κ1) is 19.9.